The van der Waals surface area contributed by atoms with Crippen LogP contribution in [0.4, 0.5) is 0 Å². The van der Waals surface area contributed by atoms with Gasteiger partial charge in [0.15, 0.2) is 0 Å². The largest absolute Gasteiger partial charge is 0.469 e. The molecule has 0 N–H and O–H groups in total. The number of carbonyl (C=O) groups is 1. The molecule has 0 amide bonds. The molecule has 0 aromatic rings. The molecule has 0 aromatic heterocycles. The average Bonchev–Trinajstić information content (AvgIpc) is 2.52. The first-order chi connectivity index (χ1) is 7.54. The number of hydrogen-bond acceptors (Lipinski definition) is 3. The smallest absolute Gasteiger partial charge is 0.309 e. The molecule has 4 atom stereocenters. The molecular weight excluding hydrogens is 220 g/mol. The second-order valence-corrected chi connectivity index (χ2v) is 6.58. The van der Waals surface area contributed by atoms with Crippen molar-refractivity contribution >= 4 is 17.7 Å². The fraction of sp³-hybridized carbons (Fsp3) is 0.769. The van der Waals surface area contributed by atoms with E-state index < -0.39 is 0 Å². The third-order valence-electron chi connectivity index (χ3n) is 4.01. The number of rotatable bonds is 1. The van der Waals surface area contributed by atoms with Crippen molar-refractivity contribution in [3.05, 3.63) is 10.5 Å². The van der Waals surface area contributed by atoms with Gasteiger partial charge in [0.2, 0.25) is 0 Å². The molecule has 3 heteroatoms. The second-order valence-electron chi connectivity index (χ2n) is 5.13. The van der Waals surface area contributed by atoms with Gasteiger partial charge in [-0.25, -0.2) is 0 Å². The Morgan fingerprint density at radius 3 is 2.69 bits per heavy atom. The van der Waals surface area contributed by atoms with Gasteiger partial charge in [-0.1, -0.05) is 12.5 Å². The van der Waals surface area contributed by atoms with Gasteiger partial charge < -0.3 is 4.74 Å². The van der Waals surface area contributed by atoms with Crippen LogP contribution < -0.4 is 0 Å². The lowest BCUT2D eigenvalue weighted by atomic mass is 9.71. The summed E-state index contributed by atoms with van der Waals surface area (Å²) in [6.07, 6.45) is 2.22. The Kier molecular flexibility index (Phi) is 3.34. The summed E-state index contributed by atoms with van der Waals surface area (Å²) >= 11 is 1.96. The van der Waals surface area contributed by atoms with E-state index in [4.69, 9.17) is 4.74 Å². The van der Waals surface area contributed by atoms with E-state index in [0.29, 0.717) is 17.1 Å². The van der Waals surface area contributed by atoms with Gasteiger partial charge >= 0.3 is 5.97 Å². The molecule has 0 spiro atoms. The van der Waals surface area contributed by atoms with Crippen LogP contribution in [0.3, 0.4) is 0 Å². The van der Waals surface area contributed by atoms with Gasteiger partial charge in [0.05, 0.1) is 13.0 Å². The summed E-state index contributed by atoms with van der Waals surface area (Å²) in [7, 11) is 1.50. The molecule has 1 saturated carbocycles. The summed E-state index contributed by atoms with van der Waals surface area (Å²) in [6.45, 7) is 6.60. The van der Waals surface area contributed by atoms with Crippen molar-refractivity contribution in [3.8, 4) is 0 Å². The molecule has 2 rings (SSSR count). The zero-order valence-electron chi connectivity index (χ0n) is 10.4. The first-order valence-corrected chi connectivity index (χ1v) is 6.84. The van der Waals surface area contributed by atoms with E-state index in [9.17, 15) is 4.79 Å². The van der Waals surface area contributed by atoms with E-state index in [1.807, 2.05) is 11.8 Å². The minimum Gasteiger partial charge on any atom is -0.469 e. The lowest BCUT2D eigenvalue weighted by Gasteiger charge is -2.36. The highest BCUT2D eigenvalue weighted by molar-refractivity contribution is 8.03. The van der Waals surface area contributed by atoms with Gasteiger partial charge in [-0.3, -0.25) is 4.79 Å². The number of thioether (sulfide) groups is 1. The SMILES string of the molecule is COC(=O)C1CC(C)CC2SC(C)=C(C)C21. The molecule has 2 nitrogen and oxygen atoms in total. The van der Waals surface area contributed by atoms with Gasteiger partial charge in [0, 0.05) is 11.2 Å². The van der Waals surface area contributed by atoms with Gasteiger partial charge in [-0.2, -0.15) is 0 Å². The Labute approximate surface area is 102 Å². The van der Waals surface area contributed by atoms with Crippen LogP contribution in [0.15, 0.2) is 10.5 Å². The number of hydrogen-bond donors (Lipinski definition) is 0. The number of esters is 1. The molecule has 0 saturated heterocycles. The lowest BCUT2D eigenvalue weighted by Crippen LogP contribution is -2.37. The molecule has 1 aliphatic heterocycles. The van der Waals surface area contributed by atoms with Crippen molar-refractivity contribution in [2.75, 3.05) is 7.11 Å². The molecule has 0 bridgehead atoms. The molecule has 0 radical (unpaired) electrons. The van der Waals surface area contributed by atoms with Crippen molar-refractivity contribution in [3.63, 3.8) is 0 Å². The van der Waals surface area contributed by atoms with Crippen molar-refractivity contribution in [2.45, 2.75) is 38.9 Å². The van der Waals surface area contributed by atoms with Crippen molar-refractivity contribution in [1.82, 2.24) is 0 Å². The summed E-state index contributed by atoms with van der Waals surface area (Å²) in [5, 5.41) is 0.604. The Bertz CT molecular complexity index is 335. The molecule has 1 aliphatic carbocycles. The van der Waals surface area contributed by atoms with E-state index >= 15 is 0 Å². The summed E-state index contributed by atoms with van der Waals surface area (Å²) in [5.74, 6) is 1.13. The number of methoxy groups -OCH3 is 1. The minimum atomic E-state index is -0.0174. The van der Waals surface area contributed by atoms with Gasteiger partial charge in [0.1, 0.15) is 0 Å². The topological polar surface area (TPSA) is 26.3 Å². The molecule has 4 unspecified atom stereocenters. The zero-order valence-corrected chi connectivity index (χ0v) is 11.3. The Hall–Kier alpha value is -0.440. The quantitative estimate of drug-likeness (QED) is 0.658. The highest BCUT2D eigenvalue weighted by Gasteiger charge is 2.45. The number of fused-ring (bicyclic) bond motifs is 1. The molecule has 1 fully saturated rings. The first kappa shape index (κ1) is 12.0. The maximum absolute atomic E-state index is 11.9. The van der Waals surface area contributed by atoms with Crippen LogP contribution in [0.25, 0.3) is 0 Å². The maximum atomic E-state index is 11.9. The predicted octanol–water partition coefficient (Wildman–Crippen LogP) is 3.23. The highest BCUT2D eigenvalue weighted by Crippen LogP contribution is 2.52. The molecule has 1 heterocycles. The number of ether oxygens (including phenoxy) is 1. The van der Waals surface area contributed by atoms with E-state index in [-0.39, 0.29) is 11.9 Å². The van der Waals surface area contributed by atoms with Crippen LogP contribution in [0.1, 0.15) is 33.6 Å². The number of carbonyl (C=O) groups excluding carboxylic acids is 1. The van der Waals surface area contributed by atoms with E-state index in [1.165, 1.54) is 24.0 Å². The summed E-state index contributed by atoms with van der Waals surface area (Å²) in [4.78, 5) is 13.3. The van der Waals surface area contributed by atoms with Crippen LogP contribution >= 0.6 is 11.8 Å². The lowest BCUT2D eigenvalue weighted by molar-refractivity contribution is -0.148. The summed E-state index contributed by atoms with van der Waals surface area (Å²) in [6, 6.07) is 0. The van der Waals surface area contributed by atoms with Gasteiger partial charge in [-0.05, 0) is 37.5 Å². The molecule has 2 aliphatic rings. The molecule has 90 valence electrons. The first-order valence-electron chi connectivity index (χ1n) is 5.96. The third kappa shape index (κ3) is 1.90. The standard InChI is InChI=1S/C13H20O2S/c1-7-5-10(13(14)15-4)12-8(2)9(3)16-11(12)6-7/h7,10-12H,5-6H2,1-4H3. The maximum Gasteiger partial charge on any atom is 0.309 e. The van der Waals surface area contributed by atoms with Gasteiger partial charge in [-0.15, -0.1) is 11.8 Å². The Balaban J connectivity index is 2.25. The van der Waals surface area contributed by atoms with Crippen molar-refractivity contribution in [2.24, 2.45) is 17.8 Å². The normalized spacial score (nSPS) is 38.5. The Morgan fingerprint density at radius 2 is 2.06 bits per heavy atom. The summed E-state index contributed by atoms with van der Waals surface area (Å²) in [5.41, 5.74) is 1.41. The molecular formula is C13H20O2S. The fourth-order valence-corrected chi connectivity index (χ4v) is 4.87. The minimum absolute atomic E-state index is 0.0174. The highest BCUT2D eigenvalue weighted by atomic mass is 32.2. The second kappa shape index (κ2) is 4.44. The van der Waals surface area contributed by atoms with E-state index in [1.54, 1.807) is 0 Å². The van der Waals surface area contributed by atoms with Crippen LogP contribution in [-0.4, -0.2) is 18.3 Å². The van der Waals surface area contributed by atoms with Crippen LogP contribution in [0.5, 0.6) is 0 Å². The van der Waals surface area contributed by atoms with Crippen molar-refractivity contribution in [1.29, 1.82) is 0 Å². The predicted molar refractivity (Wildman–Crippen MR) is 67.1 cm³/mol. The Morgan fingerprint density at radius 1 is 1.38 bits per heavy atom. The summed E-state index contributed by atoms with van der Waals surface area (Å²) < 4.78 is 4.96. The van der Waals surface area contributed by atoms with E-state index in [2.05, 4.69) is 20.8 Å². The van der Waals surface area contributed by atoms with E-state index in [0.717, 1.165) is 6.42 Å². The monoisotopic (exact) mass is 240 g/mol. The number of allylic oxidation sites excluding steroid dienone is 2. The molecule has 0 aromatic carbocycles. The average molecular weight is 240 g/mol. The van der Waals surface area contributed by atoms with Crippen LogP contribution in [0, 0.1) is 17.8 Å². The van der Waals surface area contributed by atoms with Crippen molar-refractivity contribution < 1.29 is 9.53 Å². The molecule has 16 heavy (non-hydrogen) atoms. The third-order valence-corrected chi connectivity index (χ3v) is 5.48. The van der Waals surface area contributed by atoms with Crippen LogP contribution in [0.2, 0.25) is 0 Å². The fourth-order valence-electron chi connectivity index (χ4n) is 3.13. The van der Waals surface area contributed by atoms with Gasteiger partial charge in [0.25, 0.3) is 0 Å². The van der Waals surface area contributed by atoms with Crippen LogP contribution in [-0.2, 0) is 9.53 Å². The zero-order chi connectivity index (χ0) is 11.9.